The topological polar surface area (TPSA) is 53.0 Å². The number of nitrogens with one attached hydrogen (secondary N) is 1. The molecule has 28 heavy (non-hydrogen) atoms. The first-order valence-corrected chi connectivity index (χ1v) is 10.4. The number of nitrogens with zero attached hydrogens (tertiary/aromatic N) is 4. The first-order chi connectivity index (χ1) is 13.2. The smallest absolute Gasteiger partial charge is 0.193 e. The van der Waals surface area contributed by atoms with Gasteiger partial charge in [0, 0.05) is 40.8 Å². The number of pyridine rings is 1. The minimum Gasteiger partial charge on any atom is -0.378 e. The predicted molar refractivity (Wildman–Crippen MR) is 127 cm³/mol. The van der Waals surface area contributed by atoms with Crippen LogP contribution in [0.4, 0.5) is 5.82 Å². The average Bonchev–Trinajstić information content (AvgIpc) is 3.21. The minimum absolute atomic E-state index is 0. The lowest BCUT2D eigenvalue weighted by Crippen LogP contribution is -2.47. The maximum absolute atomic E-state index is 6.19. The van der Waals surface area contributed by atoms with Crippen molar-refractivity contribution in [3.8, 4) is 0 Å². The summed E-state index contributed by atoms with van der Waals surface area (Å²) in [4.78, 5) is 13.5. The van der Waals surface area contributed by atoms with Crippen LogP contribution in [0.3, 0.4) is 0 Å². The van der Waals surface area contributed by atoms with E-state index in [1.165, 1.54) is 25.7 Å². The molecule has 1 aromatic heterocycles. The van der Waals surface area contributed by atoms with E-state index in [1.54, 1.807) is 0 Å². The van der Waals surface area contributed by atoms with Crippen molar-refractivity contribution in [3.63, 3.8) is 0 Å². The van der Waals surface area contributed by atoms with Gasteiger partial charge >= 0.3 is 0 Å². The van der Waals surface area contributed by atoms with Gasteiger partial charge in [-0.05, 0) is 43.7 Å². The summed E-state index contributed by atoms with van der Waals surface area (Å²) in [6.07, 6.45) is 8.08. The number of piperidine rings is 1. The summed E-state index contributed by atoms with van der Waals surface area (Å²) in [5.74, 6) is 2.74. The molecule has 0 unspecified atom stereocenters. The lowest BCUT2D eigenvalue weighted by atomic mass is 10.1. The van der Waals surface area contributed by atoms with E-state index in [2.05, 4.69) is 32.3 Å². The van der Waals surface area contributed by atoms with Crippen molar-refractivity contribution >= 4 is 35.8 Å². The maximum atomic E-state index is 6.19. The summed E-state index contributed by atoms with van der Waals surface area (Å²) < 4.78 is 6.19. The highest BCUT2D eigenvalue weighted by Gasteiger charge is 2.23. The van der Waals surface area contributed by atoms with Gasteiger partial charge < -0.3 is 19.9 Å². The number of aliphatic imine (C=N–C) groups is 1. The summed E-state index contributed by atoms with van der Waals surface area (Å²) >= 11 is 0. The second-order valence-electron chi connectivity index (χ2n) is 7.95. The Morgan fingerprint density at radius 1 is 1.21 bits per heavy atom. The van der Waals surface area contributed by atoms with Crippen molar-refractivity contribution in [3.05, 3.63) is 23.9 Å². The minimum atomic E-state index is 0. The summed E-state index contributed by atoms with van der Waals surface area (Å²) in [7, 11) is 5.88. The third-order valence-corrected chi connectivity index (χ3v) is 5.67. The Kier molecular flexibility index (Phi) is 9.77. The van der Waals surface area contributed by atoms with E-state index in [-0.39, 0.29) is 24.0 Å². The van der Waals surface area contributed by atoms with Crippen LogP contribution < -0.4 is 10.2 Å². The fraction of sp³-hybridized carbons (Fsp3) is 0.714. The fourth-order valence-electron chi connectivity index (χ4n) is 4.00. The number of likely N-dealkylation sites (tertiary alicyclic amines) is 1. The summed E-state index contributed by atoms with van der Waals surface area (Å²) in [5, 5.41) is 3.47. The van der Waals surface area contributed by atoms with E-state index in [4.69, 9.17) is 4.74 Å². The van der Waals surface area contributed by atoms with Crippen LogP contribution in [0, 0.1) is 5.92 Å². The Bertz CT molecular complexity index is 611. The van der Waals surface area contributed by atoms with Crippen LogP contribution in [-0.2, 0) is 11.3 Å². The second kappa shape index (κ2) is 11.8. The molecule has 1 saturated carbocycles. The molecule has 1 aliphatic carbocycles. The van der Waals surface area contributed by atoms with Gasteiger partial charge in [-0.25, -0.2) is 4.98 Å². The third-order valence-electron chi connectivity index (χ3n) is 5.67. The standard InChI is InChI=1S/C21H35N5O.HI/c1-22-21(23-15-18-9-6-10-20(24-18)25(2)3)26-13-11-19(12-14-26)27-16-17-7-4-5-8-17;/h6,9-10,17,19H,4-5,7-8,11-16H2,1-3H3,(H,22,23);1H. The van der Waals surface area contributed by atoms with Crippen molar-refractivity contribution in [1.82, 2.24) is 15.2 Å². The Morgan fingerprint density at radius 3 is 2.57 bits per heavy atom. The second-order valence-corrected chi connectivity index (χ2v) is 7.95. The molecule has 2 fully saturated rings. The monoisotopic (exact) mass is 501 g/mol. The van der Waals surface area contributed by atoms with Gasteiger partial charge in [-0.3, -0.25) is 4.99 Å². The molecular weight excluding hydrogens is 465 g/mol. The van der Waals surface area contributed by atoms with Gasteiger partial charge in [0.2, 0.25) is 0 Å². The lowest BCUT2D eigenvalue weighted by molar-refractivity contribution is 0.00101. The van der Waals surface area contributed by atoms with Crippen molar-refractivity contribution in [2.75, 3.05) is 45.7 Å². The summed E-state index contributed by atoms with van der Waals surface area (Å²) in [5.41, 5.74) is 1.03. The van der Waals surface area contributed by atoms with Gasteiger partial charge in [-0.1, -0.05) is 18.9 Å². The molecule has 0 spiro atoms. The van der Waals surface area contributed by atoms with Crippen LogP contribution in [0.15, 0.2) is 23.2 Å². The van der Waals surface area contributed by atoms with Crippen molar-refractivity contribution in [2.24, 2.45) is 10.9 Å². The van der Waals surface area contributed by atoms with Crippen LogP contribution in [0.25, 0.3) is 0 Å². The van der Waals surface area contributed by atoms with Gasteiger partial charge in [-0.2, -0.15) is 0 Å². The zero-order valence-electron chi connectivity index (χ0n) is 17.6. The number of rotatable bonds is 6. The van der Waals surface area contributed by atoms with Crippen molar-refractivity contribution in [1.29, 1.82) is 0 Å². The molecule has 0 bridgehead atoms. The van der Waals surface area contributed by atoms with E-state index in [9.17, 15) is 0 Å². The van der Waals surface area contributed by atoms with E-state index < -0.39 is 0 Å². The Morgan fingerprint density at radius 2 is 1.93 bits per heavy atom. The molecule has 1 N–H and O–H groups in total. The van der Waals surface area contributed by atoms with E-state index >= 15 is 0 Å². The highest BCUT2D eigenvalue weighted by atomic mass is 127. The normalized spacial score (nSPS) is 18.8. The molecule has 1 saturated heterocycles. The fourth-order valence-corrected chi connectivity index (χ4v) is 4.00. The Hall–Kier alpha value is -1.09. The molecule has 6 nitrogen and oxygen atoms in total. The number of anilines is 1. The number of hydrogen-bond acceptors (Lipinski definition) is 4. The first kappa shape index (κ1) is 23.2. The van der Waals surface area contributed by atoms with Gasteiger partial charge in [0.1, 0.15) is 5.82 Å². The van der Waals surface area contributed by atoms with E-state index in [1.807, 2.05) is 32.1 Å². The summed E-state index contributed by atoms with van der Waals surface area (Å²) in [6.45, 7) is 3.65. The summed E-state index contributed by atoms with van der Waals surface area (Å²) in [6, 6.07) is 6.13. The average molecular weight is 501 g/mol. The van der Waals surface area contributed by atoms with Gasteiger partial charge in [0.15, 0.2) is 5.96 Å². The number of aromatic nitrogens is 1. The molecule has 0 radical (unpaired) electrons. The molecule has 2 aliphatic rings. The van der Waals surface area contributed by atoms with Crippen molar-refractivity contribution < 1.29 is 4.74 Å². The van der Waals surface area contributed by atoms with Gasteiger partial charge in [-0.15, -0.1) is 24.0 Å². The SMILES string of the molecule is CN=C(NCc1cccc(N(C)C)n1)N1CCC(OCC2CCCC2)CC1.I. The van der Waals surface area contributed by atoms with Crippen LogP contribution in [-0.4, -0.2) is 62.8 Å². The zero-order valence-corrected chi connectivity index (χ0v) is 19.9. The highest BCUT2D eigenvalue weighted by Crippen LogP contribution is 2.26. The van der Waals surface area contributed by atoms with Crippen LogP contribution in [0.1, 0.15) is 44.2 Å². The Labute approximate surface area is 187 Å². The van der Waals surface area contributed by atoms with E-state index in [0.717, 1.165) is 55.9 Å². The number of ether oxygens (including phenoxy) is 1. The molecule has 2 heterocycles. The molecule has 1 aliphatic heterocycles. The molecule has 0 atom stereocenters. The van der Waals surface area contributed by atoms with Crippen LogP contribution in [0.5, 0.6) is 0 Å². The first-order valence-electron chi connectivity index (χ1n) is 10.4. The number of halogens is 1. The maximum Gasteiger partial charge on any atom is 0.193 e. The number of hydrogen-bond donors (Lipinski definition) is 1. The molecule has 7 heteroatoms. The van der Waals surface area contributed by atoms with E-state index in [0.29, 0.717) is 12.6 Å². The largest absolute Gasteiger partial charge is 0.378 e. The van der Waals surface area contributed by atoms with Crippen LogP contribution in [0.2, 0.25) is 0 Å². The Balaban J connectivity index is 0.00000280. The van der Waals surface area contributed by atoms with Crippen molar-refractivity contribution in [2.45, 2.75) is 51.2 Å². The van der Waals surface area contributed by atoms with Gasteiger partial charge in [0.05, 0.1) is 18.3 Å². The molecule has 0 amide bonds. The molecule has 3 rings (SSSR count). The number of guanidine groups is 1. The highest BCUT2D eigenvalue weighted by molar-refractivity contribution is 14.0. The van der Waals surface area contributed by atoms with Gasteiger partial charge in [0.25, 0.3) is 0 Å². The molecule has 1 aromatic rings. The van der Waals surface area contributed by atoms with Crippen LogP contribution >= 0.6 is 24.0 Å². The third kappa shape index (κ3) is 6.76. The zero-order chi connectivity index (χ0) is 19.1. The molecule has 0 aromatic carbocycles. The quantitative estimate of drug-likeness (QED) is 0.368. The molecule has 158 valence electrons. The molecular formula is C21H36IN5O. The predicted octanol–water partition coefficient (Wildman–Crippen LogP) is 3.51. The lowest BCUT2D eigenvalue weighted by Gasteiger charge is -2.34.